The van der Waals surface area contributed by atoms with E-state index in [-0.39, 0.29) is 12.5 Å². The van der Waals surface area contributed by atoms with Crippen molar-refractivity contribution in [3.05, 3.63) is 47.5 Å². The zero-order valence-corrected chi connectivity index (χ0v) is 18.7. The molecule has 9 nitrogen and oxygen atoms in total. The van der Waals surface area contributed by atoms with E-state index in [0.29, 0.717) is 61.2 Å². The van der Waals surface area contributed by atoms with E-state index in [1.54, 1.807) is 61.6 Å². The summed E-state index contributed by atoms with van der Waals surface area (Å²) in [5.74, 6) is 1.30. The minimum absolute atomic E-state index is 0.113. The first-order valence-corrected chi connectivity index (χ1v) is 10.7. The first-order chi connectivity index (χ1) is 16.0. The number of β-amino-alcohol motifs (C(OH)–C–C–N with tert-alkyl or cyclic N) is 1. The lowest BCUT2D eigenvalue weighted by Gasteiger charge is -2.33. The summed E-state index contributed by atoms with van der Waals surface area (Å²) in [6.45, 7) is 3.27. The molecule has 2 N–H and O–H groups in total. The van der Waals surface area contributed by atoms with E-state index in [9.17, 15) is 9.59 Å². The number of nitrogens with zero attached hydrogens (tertiary/aromatic N) is 2. The maximum atomic E-state index is 12.5. The largest absolute Gasteiger partial charge is 0.493 e. The van der Waals surface area contributed by atoms with Crippen molar-refractivity contribution >= 4 is 29.3 Å². The standard InChI is InChI=1S/C24H27N3O6/c1-31-21-14-18-19(23(29)25-20(18)15-22(21)32-2)13-16-3-5-17(6-4-16)33-24(30)27-9-7-26(8-10-27)11-12-28/h3-6,13-15,28H,7-12H2,1-2H3,(H,25,29). The first-order valence-electron chi connectivity index (χ1n) is 10.7. The summed E-state index contributed by atoms with van der Waals surface area (Å²) < 4.78 is 16.2. The van der Waals surface area contributed by atoms with E-state index in [0.717, 1.165) is 11.1 Å². The van der Waals surface area contributed by atoms with Crippen molar-refractivity contribution in [2.24, 2.45) is 0 Å². The fraction of sp³-hybridized carbons (Fsp3) is 0.333. The van der Waals surface area contributed by atoms with Gasteiger partial charge < -0.3 is 29.5 Å². The van der Waals surface area contributed by atoms with Crippen LogP contribution in [0.1, 0.15) is 11.1 Å². The molecule has 1 fully saturated rings. The number of piperazine rings is 1. The lowest BCUT2D eigenvalue weighted by atomic mass is 10.0. The number of anilines is 1. The minimum Gasteiger partial charge on any atom is -0.493 e. The van der Waals surface area contributed by atoms with Crippen LogP contribution in [0.3, 0.4) is 0 Å². The van der Waals surface area contributed by atoms with Crippen LogP contribution in [-0.2, 0) is 4.79 Å². The molecule has 33 heavy (non-hydrogen) atoms. The Labute approximate surface area is 192 Å². The number of methoxy groups -OCH3 is 2. The molecule has 0 bridgehead atoms. The molecular weight excluding hydrogens is 426 g/mol. The van der Waals surface area contributed by atoms with Gasteiger partial charge in [0.25, 0.3) is 5.91 Å². The second kappa shape index (κ2) is 9.93. The van der Waals surface area contributed by atoms with Crippen molar-refractivity contribution in [2.45, 2.75) is 0 Å². The van der Waals surface area contributed by atoms with Gasteiger partial charge in [-0.15, -0.1) is 0 Å². The molecule has 2 heterocycles. The number of benzene rings is 2. The normalized spacial score (nSPS) is 17.0. The van der Waals surface area contributed by atoms with E-state index >= 15 is 0 Å². The third kappa shape index (κ3) is 4.94. The Bertz CT molecular complexity index is 1060. The number of fused-ring (bicyclic) bond motifs is 1. The minimum atomic E-state index is -0.394. The number of aliphatic hydroxyl groups is 1. The van der Waals surface area contributed by atoms with Crippen molar-refractivity contribution < 1.29 is 28.9 Å². The smallest absolute Gasteiger partial charge is 0.415 e. The molecule has 1 saturated heterocycles. The number of rotatable bonds is 6. The molecule has 2 aromatic carbocycles. The van der Waals surface area contributed by atoms with Gasteiger partial charge >= 0.3 is 6.09 Å². The van der Waals surface area contributed by atoms with Gasteiger partial charge in [-0.2, -0.15) is 0 Å². The van der Waals surface area contributed by atoms with Crippen molar-refractivity contribution in [1.29, 1.82) is 0 Å². The Kier molecular flexibility index (Phi) is 6.81. The number of hydrogen-bond donors (Lipinski definition) is 2. The topological polar surface area (TPSA) is 101 Å². The molecule has 9 heteroatoms. The molecule has 2 aliphatic rings. The van der Waals surface area contributed by atoms with Crippen LogP contribution in [0.2, 0.25) is 0 Å². The van der Waals surface area contributed by atoms with Crippen LogP contribution in [0.5, 0.6) is 17.2 Å². The van der Waals surface area contributed by atoms with E-state index < -0.39 is 6.09 Å². The van der Waals surface area contributed by atoms with Crippen LogP contribution in [0.15, 0.2) is 36.4 Å². The Morgan fingerprint density at radius 2 is 1.73 bits per heavy atom. The van der Waals surface area contributed by atoms with E-state index in [2.05, 4.69) is 10.2 Å². The molecule has 0 aliphatic carbocycles. The molecule has 4 rings (SSSR count). The number of carbonyl (C=O) groups excluding carboxylic acids is 2. The molecule has 0 spiro atoms. The van der Waals surface area contributed by atoms with Gasteiger partial charge in [-0.25, -0.2) is 4.79 Å². The fourth-order valence-corrected chi connectivity index (χ4v) is 3.92. The van der Waals surface area contributed by atoms with Crippen molar-refractivity contribution in [2.75, 3.05) is 58.9 Å². The van der Waals surface area contributed by atoms with E-state index in [1.807, 2.05) is 0 Å². The van der Waals surface area contributed by atoms with Gasteiger partial charge in [0.2, 0.25) is 0 Å². The van der Waals surface area contributed by atoms with Crippen molar-refractivity contribution in [3.63, 3.8) is 0 Å². The zero-order valence-electron chi connectivity index (χ0n) is 18.7. The third-order valence-corrected chi connectivity index (χ3v) is 5.75. The summed E-state index contributed by atoms with van der Waals surface area (Å²) in [7, 11) is 3.09. The first kappa shape index (κ1) is 22.6. The molecule has 2 aliphatic heterocycles. The highest BCUT2D eigenvalue weighted by Gasteiger charge is 2.27. The molecular formula is C24H27N3O6. The quantitative estimate of drug-likeness (QED) is 0.648. The van der Waals surface area contributed by atoms with Gasteiger partial charge in [0.05, 0.1) is 26.5 Å². The molecule has 0 saturated carbocycles. The molecule has 174 valence electrons. The Morgan fingerprint density at radius 3 is 2.36 bits per heavy atom. The fourth-order valence-electron chi connectivity index (χ4n) is 3.92. The summed E-state index contributed by atoms with van der Waals surface area (Å²) in [5, 5.41) is 11.9. The van der Waals surface area contributed by atoms with Crippen molar-refractivity contribution in [1.82, 2.24) is 9.80 Å². The van der Waals surface area contributed by atoms with Gasteiger partial charge in [0.15, 0.2) is 11.5 Å². The zero-order chi connectivity index (χ0) is 23.4. The lowest BCUT2D eigenvalue weighted by Crippen LogP contribution is -2.50. The van der Waals surface area contributed by atoms with Gasteiger partial charge in [-0.1, -0.05) is 12.1 Å². The van der Waals surface area contributed by atoms with E-state index in [1.165, 1.54) is 0 Å². The molecule has 2 aromatic rings. The number of nitrogens with one attached hydrogen (secondary N) is 1. The van der Waals surface area contributed by atoms with Crippen LogP contribution >= 0.6 is 0 Å². The molecule has 0 aromatic heterocycles. The monoisotopic (exact) mass is 453 g/mol. The number of aliphatic hydroxyl groups excluding tert-OH is 1. The average molecular weight is 453 g/mol. The van der Waals surface area contributed by atoms with E-state index in [4.69, 9.17) is 19.3 Å². The summed E-state index contributed by atoms with van der Waals surface area (Å²) >= 11 is 0. The highest BCUT2D eigenvalue weighted by atomic mass is 16.6. The summed E-state index contributed by atoms with van der Waals surface area (Å²) in [6, 6.07) is 10.5. The van der Waals surface area contributed by atoms with Crippen LogP contribution in [-0.4, -0.2) is 80.5 Å². The van der Waals surface area contributed by atoms with Crippen LogP contribution in [0.25, 0.3) is 11.6 Å². The number of amides is 2. The SMILES string of the molecule is COc1cc2c(cc1OC)C(=Cc1ccc(OC(=O)N3CCN(CCO)CC3)cc1)C(=O)N2. The molecule has 0 atom stereocenters. The maximum Gasteiger partial charge on any atom is 0.415 e. The molecule has 0 unspecified atom stereocenters. The molecule has 2 amide bonds. The van der Waals surface area contributed by atoms with Gasteiger partial charge in [-0.3, -0.25) is 9.69 Å². The Hall–Kier alpha value is -3.56. The van der Waals surface area contributed by atoms with Crippen LogP contribution < -0.4 is 19.5 Å². The third-order valence-electron chi connectivity index (χ3n) is 5.75. The lowest BCUT2D eigenvalue weighted by molar-refractivity contribution is -0.110. The summed E-state index contributed by atoms with van der Waals surface area (Å²) in [4.78, 5) is 28.7. The number of carbonyl (C=O) groups is 2. The maximum absolute atomic E-state index is 12.5. The van der Waals surface area contributed by atoms with Crippen LogP contribution in [0, 0.1) is 0 Å². The predicted molar refractivity (Wildman–Crippen MR) is 124 cm³/mol. The van der Waals surface area contributed by atoms with Crippen molar-refractivity contribution in [3.8, 4) is 17.2 Å². The molecule has 0 radical (unpaired) electrons. The Morgan fingerprint density at radius 1 is 1.06 bits per heavy atom. The highest BCUT2D eigenvalue weighted by molar-refractivity contribution is 6.35. The highest BCUT2D eigenvalue weighted by Crippen LogP contribution is 2.41. The number of hydrogen-bond acceptors (Lipinski definition) is 7. The Balaban J connectivity index is 1.44. The summed E-state index contributed by atoms with van der Waals surface area (Å²) in [6.07, 6.45) is 1.38. The second-order valence-corrected chi connectivity index (χ2v) is 7.75. The number of ether oxygens (including phenoxy) is 3. The average Bonchev–Trinajstić information content (AvgIpc) is 3.13. The van der Waals surface area contributed by atoms with Gasteiger partial charge in [-0.05, 0) is 29.8 Å². The summed E-state index contributed by atoms with van der Waals surface area (Å²) in [5.41, 5.74) is 2.69. The van der Waals surface area contributed by atoms with Gasteiger partial charge in [0.1, 0.15) is 5.75 Å². The van der Waals surface area contributed by atoms with Gasteiger partial charge in [0, 0.05) is 49.9 Å². The predicted octanol–water partition coefficient (Wildman–Crippen LogP) is 2.31. The van der Waals surface area contributed by atoms with Crippen LogP contribution in [0.4, 0.5) is 10.5 Å². The second-order valence-electron chi connectivity index (χ2n) is 7.75.